The van der Waals surface area contributed by atoms with Crippen LogP contribution < -0.4 is 5.32 Å². The summed E-state index contributed by atoms with van der Waals surface area (Å²) in [4.78, 5) is 12.2. The minimum atomic E-state index is -0.191. The van der Waals surface area contributed by atoms with Crippen LogP contribution in [0.4, 0.5) is 5.13 Å². The van der Waals surface area contributed by atoms with Gasteiger partial charge in [-0.15, -0.1) is 10.2 Å². The summed E-state index contributed by atoms with van der Waals surface area (Å²) in [5.41, 5.74) is 3.38. The molecule has 7 heteroatoms. The first-order valence-corrected chi connectivity index (χ1v) is 9.27. The van der Waals surface area contributed by atoms with Crippen molar-refractivity contribution in [1.82, 2.24) is 10.2 Å². The number of aromatic nitrogens is 2. The van der Waals surface area contributed by atoms with Gasteiger partial charge in [-0.2, -0.15) is 5.26 Å². The Balaban J connectivity index is 1.58. The third-order valence-electron chi connectivity index (χ3n) is 3.35. The number of benzene rings is 2. The first kappa shape index (κ1) is 17.1. The molecule has 1 aromatic heterocycles. The molecule has 0 spiro atoms. The molecule has 2 aromatic carbocycles. The maximum Gasteiger partial charge on any atom is 0.257 e. The molecule has 25 heavy (non-hydrogen) atoms. The molecule has 3 rings (SSSR count). The molecular formula is C18H14N4OS2. The van der Waals surface area contributed by atoms with Crippen molar-refractivity contribution in [2.75, 3.05) is 5.32 Å². The van der Waals surface area contributed by atoms with Crippen molar-refractivity contribution in [2.45, 2.75) is 17.0 Å². The van der Waals surface area contributed by atoms with Crippen molar-refractivity contribution in [1.29, 1.82) is 5.26 Å². The molecule has 3 aromatic rings. The first-order valence-electron chi connectivity index (χ1n) is 7.47. The smallest absolute Gasteiger partial charge is 0.257 e. The van der Waals surface area contributed by atoms with Crippen molar-refractivity contribution in [3.8, 4) is 6.07 Å². The van der Waals surface area contributed by atoms with Crippen LogP contribution in [0.25, 0.3) is 0 Å². The van der Waals surface area contributed by atoms with Gasteiger partial charge in [0.2, 0.25) is 5.13 Å². The molecule has 0 atom stereocenters. The Hall–Kier alpha value is -2.69. The highest BCUT2D eigenvalue weighted by Gasteiger charge is 2.11. The van der Waals surface area contributed by atoms with Gasteiger partial charge in [-0.25, -0.2) is 0 Å². The van der Waals surface area contributed by atoms with E-state index >= 15 is 0 Å². The van der Waals surface area contributed by atoms with Crippen LogP contribution in [0.5, 0.6) is 0 Å². The molecule has 1 heterocycles. The number of carbonyl (C=O) groups is 1. The first-order chi connectivity index (χ1) is 12.1. The fourth-order valence-electron chi connectivity index (χ4n) is 2.09. The molecule has 0 aliphatic heterocycles. The van der Waals surface area contributed by atoms with Crippen molar-refractivity contribution in [2.24, 2.45) is 0 Å². The van der Waals surface area contributed by atoms with Crippen LogP contribution >= 0.6 is 23.1 Å². The number of hydrogen-bond acceptors (Lipinski definition) is 6. The summed E-state index contributed by atoms with van der Waals surface area (Å²) in [6, 6.07) is 16.9. The highest BCUT2D eigenvalue weighted by atomic mass is 32.2. The predicted octanol–water partition coefficient (Wildman–Crippen LogP) is 4.26. The zero-order valence-corrected chi connectivity index (χ0v) is 15.0. The van der Waals surface area contributed by atoms with Gasteiger partial charge in [0.15, 0.2) is 4.34 Å². The van der Waals surface area contributed by atoms with Crippen LogP contribution in [-0.2, 0) is 5.75 Å². The quantitative estimate of drug-likeness (QED) is 0.539. The van der Waals surface area contributed by atoms with Gasteiger partial charge in [0.1, 0.15) is 0 Å². The maximum atomic E-state index is 12.2. The number of nitrogens with one attached hydrogen (secondary N) is 1. The van der Waals surface area contributed by atoms with E-state index in [1.54, 1.807) is 30.0 Å². The third kappa shape index (κ3) is 4.66. The second-order valence-corrected chi connectivity index (χ2v) is 7.49. The summed E-state index contributed by atoms with van der Waals surface area (Å²) in [6.07, 6.45) is 0. The normalized spacial score (nSPS) is 10.2. The minimum Gasteiger partial charge on any atom is -0.296 e. The number of rotatable bonds is 5. The number of nitrogens with zero attached hydrogens (tertiary/aromatic N) is 3. The number of amides is 1. The van der Waals surface area contributed by atoms with Crippen molar-refractivity contribution in [3.63, 3.8) is 0 Å². The molecule has 0 saturated carbocycles. The molecule has 1 N–H and O–H groups in total. The molecule has 0 unspecified atom stereocenters. The molecule has 0 aliphatic rings. The Morgan fingerprint density at radius 3 is 2.76 bits per heavy atom. The van der Waals surface area contributed by atoms with Crippen LogP contribution in [0.3, 0.4) is 0 Å². The van der Waals surface area contributed by atoms with E-state index in [1.807, 2.05) is 37.3 Å². The van der Waals surface area contributed by atoms with Crippen molar-refractivity contribution < 1.29 is 4.79 Å². The Morgan fingerprint density at radius 1 is 1.24 bits per heavy atom. The molecule has 0 bridgehead atoms. The van der Waals surface area contributed by atoms with E-state index in [-0.39, 0.29) is 5.91 Å². The SMILES string of the molecule is Cc1cccc(C(=O)Nc2nnc(SCc3ccc(C#N)cc3)s2)c1. The standard InChI is InChI=1S/C18H14N4OS2/c1-12-3-2-4-15(9-12)16(23)20-17-21-22-18(25-17)24-11-14-7-5-13(10-19)6-8-14/h2-9H,11H2,1H3,(H,20,21,23). The van der Waals surface area contributed by atoms with E-state index in [0.29, 0.717) is 16.3 Å². The summed E-state index contributed by atoms with van der Waals surface area (Å²) < 4.78 is 0.781. The Kier molecular flexibility index (Phi) is 5.43. The topological polar surface area (TPSA) is 78.7 Å². The predicted molar refractivity (Wildman–Crippen MR) is 99.8 cm³/mol. The second-order valence-electron chi connectivity index (χ2n) is 5.29. The molecule has 5 nitrogen and oxygen atoms in total. The van der Waals surface area contributed by atoms with Crippen LogP contribution in [0.2, 0.25) is 0 Å². The molecular weight excluding hydrogens is 352 g/mol. The molecule has 124 valence electrons. The number of nitriles is 1. The van der Waals surface area contributed by atoms with Gasteiger partial charge in [-0.1, -0.05) is 52.9 Å². The second kappa shape index (κ2) is 7.92. The average molecular weight is 366 g/mol. The minimum absolute atomic E-state index is 0.191. The van der Waals surface area contributed by atoms with Crippen molar-refractivity contribution >= 4 is 34.1 Å². The lowest BCUT2D eigenvalue weighted by molar-refractivity contribution is 0.102. The largest absolute Gasteiger partial charge is 0.296 e. The maximum absolute atomic E-state index is 12.2. The van der Waals surface area contributed by atoms with Crippen molar-refractivity contribution in [3.05, 3.63) is 70.8 Å². The van der Waals surface area contributed by atoms with Gasteiger partial charge in [0.25, 0.3) is 5.91 Å². The van der Waals surface area contributed by atoms with E-state index in [9.17, 15) is 4.79 Å². The summed E-state index contributed by atoms with van der Waals surface area (Å²) in [5.74, 6) is 0.537. The molecule has 1 amide bonds. The van der Waals surface area contributed by atoms with Crippen LogP contribution in [0, 0.1) is 18.3 Å². The van der Waals surface area contributed by atoms with E-state index < -0.39 is 0 Å². The number of thioether (sulfide) groups is 1. The van der Waals surface area contributed by atoms with Gasteiger partial charge in [-0.3, -0.25) is 10.1 Å². The number of carbonyl (C=O) groups excluding carboxylic acids is 1. The number of hydrogen-bond donors (Lipinski definition) is 1. The van der Waals surface area contributed by atoms with E-state index in [4.69, 9.17) is 5.26 Å². The average Bonchev–Trinajstić information content (AvgIpc) is 3.08. The third-order valence-corrected chi connectivity index (χ3v) is 5.40. The number of anilines is 1. The van der Waals surface area contributed by atoms with Gasteiger partial charge < -0.3 is 0 Å². The zero-order chi connectivity index (χ0) is 17.6. The molecule has 0 saturated heterocycles. The summed E-state index contributed by atoms with van der Waals surface area (Å²) in [6.45, 7) is 1.94. The summed E-state index contributed by atoms with van der Waals surface area (Å²) in [5, 5.41) is 20.2. The monoisotopic (exact) mass is 366 g/mol. The van der Waals surface area contributed by atoms with Gasteiger partial charge in [0.05, 0.1) is 11.6 Å². The Bertz CT molecular complexity index is 929. The molecule has 0 fully saturated rings. The lowest BCUT2D eigenvalue weighted by Crippen LogP contribution is -2.11. The lowest BCUT2D eigenvalue weighted by atomic mass is 10.1. The van der Waals surface area contributed by atoms with E-state index in [2.05, 4.69) is 21.6 Å². The van der Waals surface area contributed by atoms with Gasteiger partial charge >= 0.3 is 0 Å². The zero-order valence-electron chi connectivity index (χ0n) is 13.4. The summed E-state index contributed by atoms with van der Waals surface area (Å²) >= 11 is 2.89. The van der Waals surface area contributed by atoms with Crippen LogP contribution in [0.1, 0.15) is 27.0 Å². The fraction of sp³-hybridized carbons (Fsp3) is 0.111. The highest BCUT2D eigenvalue weighted by molar-refractivity contribution is 8.00. The van der Waals surface area contributed by atoms with Crippen LogP contribution in [-0.4, -0.2) is 16.1 Å². The van der Waals surface area contributed by atoms with Crippen LogP contribution in [0.15, 0.2) is 52.9 Å². The number of aryl methyl sites for hydroxylation is 1. The molecule has 0 radical (unpaired) electrons. The Morgan fingerprint density at radius 2 is 2.04 bits per heavy atom. The molecule has 0 aliphatic carbocycles. The van der Waals surface area contributed by atoms with Gasteiger partial charge in [0, 0.05) is 11.3 Å². The lowest BCUT2D eigenvalue weighted by Gasteiger charge is -2.01. The van der Waals surface area contributed by atoms with E-state index in [0.717, 1.165) is 21.2 Å². The summed E-state index contributed by atoms with van der Waals surface area (Å²) in [7, 11) is 0. The highest BCUT2D eigenvalue weighted by Crippen LogP contribution is 2.28. The van der Waals surface area contributed by atoms with E-state index in [1.165, 1.54) is 11.3 Å². The fourth-order valence-corrected chi connectivity index (χ4v) is 3.80. The van der Waals surface area contributed by atoms with Gasteiger partial charge in [-0.05, 0) is 36.8 Å². The Labute approximate surface area is 153 Å².